The van der Waals surface area contributed by atoms with Gasteiger partial charge in [-0.1, -0.05) is 12.0 Å². The van der Waals surface area contributed by atoms with Crippen LogP contribution in [0, 0.1) is 36.3 Å². The first-order valence-corrected chi connectivity index (χ1v) is 18.8. The molecule has 1 amide bonds. The van der Waals surface area contributed by atoms with Gasteiger partial charge in [0.2, 0.25) is 15.9 Å². The maximum Gasteiger partial charge on any atom is 0.293 e. The predicted octanol–water partition coefficient (Wildman–Crippen LogP) is 5.92. The second-order valence-corrected chi connectivity index (χ2v) is 16.0. The summed E-state index contributed by atoms with van der Waals surface area (Å²) in [4.78, 5) is 23.0. The van der Waals surface area contributed by atoms with Crippen molar-refractivity contribution < 1.29 is 44.7 Å². The quantitative estimate of drug-likeness (QED) is 0.118. The van der Waals surface area contributed by atoms with E-state index in [9.17, 15) is 35.9 Å². The zero-order valence-electron chi connectivity index (χ0n) is 29.6. The van der Waals surface area contributed by atoms with Crippen LogP contribution in [0.15, 0.2) is 48.5 Å². The minimum Gasteiger partial charge on any atom is -0.378 e. The Morgan fingerprint density at radius 3 is 2.45 bits per heavy atom. The Labute approximate surface area is 310 Å². The Balaban J connectivity index is 1.37. The molecule has 0 saturated heterocycles. The number of aromatic nitrogens is 5. The molecule has 0 unspecified atom stereocenters. The number of nitrogens with one attached hydrogen (secondary N) is 2. The standard InChI is InChI=1S/C37H33F6N7O4S/c1-18-44-35(48-55(4,53)54)28-7-5-6-27(50(18)28)23-9-8-22(10-11-36(2,3)52)45-31(23)26(14-19-12-20(38)15-21(39)13-19)46-29(51)17-49-33-30(32(47-49)34(40)41)24-16-25(24)37(33,42)43/h5-9,12-13,15,24-26,34,48,52H,14,16-17H2,1-4H3,(H,46,51)/t24-,25+,26-/m0/s1. The highest BCUT2D eigenvalue weighted by molar-refractivity contribution is 7.92. The van der Waals surface area contributed by atoms with Crippen LogP contribution in [0.4, 0.5) is 32.2 Å². The number of anilines is 1. The number of hydrogen-bond acceptors (Lipinski definition) is 7. The molecule has 0 aliphatic heterocycles. The van der Waals surface area contributed by atoms with E-state index in [0.29, 0.717) is 33.3 Å². The summed E-state index contributed by atoms with van der Waals surface area (Å²) in [5, 5.41) is 16.7. The Morgan fingerprint density at radius 1 is 1.09 bits per heavy atom. The van der Waals surface area contributed by atoms with Crippen LogP contribution in [0.2, 0.25) is 0 Å². The van der Waals surface area contributed by atoms with Gasteiger partial charge in [-0.3, -0.25) is 18.6 Å². The molecule has 18 heteroatoms. The number of amides is 1. The molecule has 4 heterocycles. The van der Waals surface area contributed by atoms with Crippen LogP contribution in [0.5, 0.6) is 0 Å². The lowest BCUT2D eigenvalue weighted by molar-refractivity contribution is -0.123. The van der Waals surface area contributed by atoms with Crippen molar-refractivity contribution in [2.75, 3.05) is 11.0 Å². The van der Waals surface area contributed by atoms with Gasteiger partial charge >= 0.3 is 0 Å². The van der Waals surface area contributed by atoms with Crippen LogP contribution < -0.4 is 10.0 Å². The molecule has 0 radical (unpaired) electrons. The van der Waals surface area contributed by atoms with Crippen LogP contribution in [0.25, 0.3) is 16.8 Å². The number of fused-ring (bicyclic) bond motifs is 4. The van der Waals surface area contributed by atoms with Gasteiger partial charge < -0.3 is 10.4 Å². The highest BCUT2D eigenvalue weighted by Gasteiger charge is 2.67. The second-order valence-electron chi connectivity index (χ2n) is 14.2. The van der Waals surface area contributed by atoms with Crippen molar-refractivity contribution in [3.8, 4) is 23.1 Å². The van der Waals surface area contributed by atoms with Gasteiger partial charge in [-0.25, -0.2) is 35.9 Å². The largest absolute Gasteiger partial charge is 0.378 e. The van der Waals surface area contributed by atoms with Gasteiger partial charge in [-0.05, 0) is 87.4 Å². The third-order valence-electron chi connectivity index (χ3n) is 9.30. The highest BCUT2D eigenvalue weighted by Crippen LogP contribution is 2.68. The Morgan fingerprint density at radius 2 is 1.80 bits per heavy atom. The molecule has 0 bridgehead atoms. The van der Waals surface area contributed by atoms with Crippen LogP contribution in [-0.2, 0) is 33.7 Å². The lowest BCUT2D eigenvalue weighted by Gasteiger charge is -2.23. The number of imidazole rings is 1. The summed E-state index contributed by atoms with van der Waals surface area (Å²) in [5.41, 5.74) is -2.00. The average molecular weight is 786 g/mol. The van der Waals surface area contributed by atoms with Crippen LogP contribution >= 0.6 is 0 Å². The minimum absolute atomic E-state index is 0.0217. The van der Waals surface area contributed by atoms with Gasteiger partial charge in [0.25, 0.3) is 12.3 Å². The molecule has 3 atom stereocenters. The number of nitrogens with zero attached hydrogens (tertiary/aromatic N) is 5. The first kappa shape index (κ1) is 37.9. The molecule has 288 valence electrons. The number of carbonyl (C=O) groups excluding carboxylic acids is 1. The fourth-order valence-corrected chi connectivity index (χ4v) is 7.65. The van der Waals surface area contributed by atoms with Gasteiger partial charge in [-0.2, -0.15) is 13.9 Å². The smallest absolute Gasteiger partial charge is 0.293 e. The number of carbonyl (C=O) groups is 1. The molecule has 7 rings (SSSR count). The number of sulfonamides is 1. The molecule has 55 heavy (non-hydrogen) atoms. The van der Waals surface area contributed by atoms with Crippen molar-refractivity contribution in [2.45, 2.75) is 70.1 Å². The van der Waals surface area contributed by atoms with Crippen LogP contribution in [0.1, 0.15) is 78.4 Å². The predicted molar refractivity (Wildman–Crippen MR) is 188 cm³/mol. The summed E-state index contributed by atoms with van der Waals surface area (Å²) in [5.74, 6) is -2.47. The first-order chi connectivity index (χ1) is 25.7. The van der Waals surface area contributed by atoms with Crippen molar-refractivity contribution >= 4 is 27.3 Å². The molecule has 0 spiro atoms. The summed E-state index contributed by atoms with van der Waals surface area (Å²) < 4.78 is 117. The summed E-state index contributed by atoms with van der Waals surface area (Å²) in [7, 11) is -3.75. The van der Waals surface area contributed by atoms with E-state index >= 15 is 8.78 Å². The normalized spacial score (nSPS) is 17.7. The van der Waals surface area contributed by atoms with Gasteiger partial charge in [0.1, 0.15) is 46.7 Å². The Hall–Kier alpha value is -5.41. The molecule has 2 aliphatic rings. The number of halogens is 6. The van der Waals surface area contributed by atoms with Crippen molar-refractivity contribution in [3.05, 3.63) is 99.9 Å². The fourth-order valence-electron chi connectivity index (χ4n) is 7.15. The fraction of sp³-hybridized carbons (Fsp3) is 0.351. The molecule has 4 aromatic heterocycles. The second kappa shape index (κ2) is 13.4. The summed E-state index contributed by atoms with van der Waals surface area (Å²) in [6, 6.07) is 9.42. The van der Waals surface area contributed by atoms with Crippen LogP contribution in [-0.4, -0.2) is 55.4 Å². The van der Waals surface area contributed by atoms with Gasteiger partial charge in [0, 0.05) is 23.1 Å². The van der Waals surface area contributed by atoms with Crippen molar-refractivity contribution in [3.63, 3.8) is 0 Å². The number of rotatable bonds is 10. The van der Waals surface area contributed by atoms with Gasteiger partial charge in [0.05, 0.1) is 29.2 Å². The number of benzene rings is 1. The number of pyridine rings is 2. The van der Waals surface area contributed by atoms with E-state index in [1.165, 1.54) is 19.9 Å². The lowest BCUT2D eigenvalue weighted by Crippen LogP contribution is -2.35. The average Bonchev–Trinajstić information content (AvgIpc) is 3.62. The van der Waals surface area contributed by atoms with E-state index in [2.05, 4.69) is 32.0 Å². The van der Waals surface area contributed by atoms with E-state index in [1.54, 1.807) is 35.6 Å². The SMILES string of the molecule is Cc1nc(NS(C)(=O)=O)c2cccc(-c3ccc(C#CC(C)(C)O)nc3[C@H](Cc3cc(F)cc(F)c3)NC(=O)Cn3nc(C(F)F)c4c3C(F)(F)[C@@H]3C[C@H]43)n12. The summed E-state index contributed by atoms with van der Waals surface area (Å²) in [6.07, 6.45) is -2.49. The number of aryl methyl sites for hydroxylation is 1. The van der Waals surface area contributed by atoms with Gasteiger partial charge in [-0.15, -0.1) is 0 Å². The molecule has 5 aromatic rings. The molecule has 1 aromatic carbocycles. The number of alkyl halides is 4. The minimum atomic E-state index is -3.75. The van der Waals surface area contributed by atoms with Crippen LogP contribution in [0.3, 0.4) is 0 Å². The van der Waals surface area contributed by atoms with E-state index in [4.69, 9.17) is 4.98 Å². The summed E-state index contributed by atoms with van der Waals surface area (Å²) >= 11 is 0. The van der Waals surface area contributed by atoms with E-state index in [1.807, 2.05) is 0 Å². The van der Waals surface area contributed by atoms with Crippen molar-refractivity contribution in [1.82, 2.24) is 29.5 Å². The lowest BCUT2D eigenvalue weighted by atomic mass is 9.96. The molecule has 1 fully saturated rings. The first-order valence-electron chi connectivity index (χ1n) is 16.9. The zero-order valence-corrected chi connectivity index (χ0v) is 30.5. The maximum atomic E-state index is 15.4. The third kappa shape index (κ3) is 7.50. The van der Waals surface area contributed by atoms with E-state index in [0.717, 1.165) is 18.4 Å². The number of hydrogen-bond donors (Lipinski definition) is 3. The van der Waals surface area contributed by atoms with Gasteiger partial charge in [0.15, 0.2) is 5.82 Å². The van der Waals surface area contributed by atoms with E-state index in [-0.39, 0.29) is 41.2 Å². The third-order valence-corrected chi connectivity index (χ3v) is 9.86. The zero-order chi connectivity index (χ0) is 39.8. The molecule has 3 N–H and O–H groups in total. The Kier molecular flexibility index (Phi) is 9.24. The monoisotopic (exact) mass is 785 g/mol. The van der Waals surface area contributed by atoms with E-state index < -0.39 is 81.3 Å². The van der Waals surface area contributed by atoms with Crippen molar-refractivity contribution in [2.24, 2.45) is 5.92 Å². The Bertz CT molecular complexity index is 2530. The topological polar surface area (TPSA) is 144 Å². The molecule has 2 aliphatic carbocycles. The number of aliphatic hydroxyl groups is 1. The molecule has 11 nitrogen and oxygen atoms in total. The highest BCUT2D eigenvalue weighted by atomic mass is 32.2. The molecular weight excluding hydrogens is 753 g/mol. The van der Waals surface area contributed by atoms with Crippen molar-refractivity contribution in [1.29, 1.82) is 0 Å². The molecular formula is C37H33F6N7O4S. The molecule has 1 saturated carbocycles. The summed E-state index contributed by atoms with van der Waals surface area (Å²) in [6.45, 7) is 3.60. The maximum absolute atomic E-state index is 15.4.